The van der Waals surface area contributed by atoms with Crippen LogP contribution in [0.4, 0.5) is 0 Å². The van der Waals surface area contributed by atoms with Crippen LogP contribution >= 0.6 is 0 Å². The summed E-state index contributed by atoms with van der Waals surface area (Å²) in [5, 5.41) is 4.52. The van der Waals surface area contributed by atoms with Gasteiger partial charge in [-0.1, -0.05) is 5.16 Å². The number of benzene rings is 1. The number of nitrogens with zero attached hydrogens (tertiary/aromatic N) is 1. The molecular weight excluding hydrogens is 268 g/mol. The molecule has 0 amide bonds. The zero-order chi connectivity index (χ0) is 14.2. The van der Waals surface area contributed by atoms with E-state index in [9.17, 15) is 4.79 Å². The maximum atomic E-state index is 12.0. The quantitative estimate of drug-likeness (QED) is 0.570. The second-order valence-corrected chi connectivity index (χ2v) is 4.66. The van der Waals surface area contributed by atoms with Crippen LogP contribution in [0.15, 0.2) is 68.6 Å². The highest BCUT2D eigenvalue weighted by Gasteiger charge is 2.10. The van der Waals surface area contributed by atoms with E-state index in [1.165, 1.54) is 0 Å². The summed E-state index contributed by atoms with van der Waals surface area (Å²) in [6.45, 7) is 0. The molecule has 0 aliphatic carbocycles. The third kappa shape index (κ3) is 1.95. The smallest absolute Gasteiger partial charge is 0.345 e. The molecule has 5 heteroatoms. The molecule has 0 saturated carbocycles. The molecule has 0 bridgehead atoms. The van der Waals surface area contributed by atoms with Crippen LogP contribution in [0, 0.1) is 0 Å². The number of rotatable bonds is 2. The van der Waals surface area contributed by atoms with Gasteiger partial charge in [-0.2, -0.15) is 0 Å². The minimum atomic E-state index is -0.364. The molecular formula is C16H10N2O3. The maximum absolute atomic E-state index is 12.0. The lowest BCUT2D eigenvalue weighted by Gasteiger charge is -2.02. The Kier molecular flexibility index (Phi) is 2.50. The summed E-state index contributed by atoms with van der Waals surface area (Å²) in [5.41, 5.74) is 2.29. The molecule has 0 fully saturated rings. The van der Waals surface area contributed by atoms with Crippen LogP contribution in [-0.4, -0.2) is 10.1 Å². The third-order valence-electron chi connectivity index (χ3n) is 3.34. The Morgan fingerprint density at radius 2 is 2.05 bits per heavy atom. The predicted molar refractivity (Wildman–Crippen MR) is 77.8 cm³/mol. The second-order valence-electron chi connectivity index (χ2n) is 4.66. The van der Waals surface area contributed by atoms with E-state index in [1.54, 1.807) is 24.5 Å². The van der Waals surface area contributed by atoms with E-state index >= 15 is 0 Å². The zero-order valence-corrected chi connectivity index (χ0v) is 10.9. The number of nitrogens with one attached hydrogen (secondary N) is 1. The molecule has 3 aromatic heterocycles. The number of hydrogen-bond acceptors (Lipinski definition) is 4. The lowest BCUT2D eigenvalue weighted by atomic mass is 10.1. The van der Waals surface area contributed by atoms with Gasteiger partial charge >= 0.3 is 5.63 Å². The SMILES string of the molecule is O=c1oc2ccc(-c3ccno3)cc2cc1-c1ccc[nH]1. The molecule has 0 aliphatic rings. The van der Waals surface area contributed by atoms with Crippen LogP contribution in [0.2, 0.25) is 0 Å². The summed E-state index contributed by atoms with van der Waals surface area (Å²) in [6, 6.07) is 12.8. The zero-order valence-electron chi connectivity index (χ0n) is 10.9. The van der Waals surface area contributed by atoms with Crippen LogP contribution in [0.3, 0.4) is 0 Å². The molecule has 0 spiro atoms. The van der Waals surface area contributed by atoms with E-state index in [-0.39, 0.29) is 5.63 Å². The molecule has 102 valence electrons. The molecule has 1 N–H and O–H groups in total. The first-order chi connectivity index (χ1) is 10.3. The number of hydrogen-bond donors (Lipinski definition) is 1. The lowest BCUT2D eigenvalue weighted by molar-refractivity contribution is 0.432. The molecule has 1 aromatic carbocycles. The molecule has 0 atom stereocenters. The van der Waals surface area contributed by atoms with Crippen molar-refractivity contribution in [1.82, 2.24) is 10.1 Å². The van der Waals surface area contributed by atoms with Gasteiger partial charge in [0.05, 0.1) is 17.5 Å². The Hall–Kier alpha value is -3.08. The molecule has 3 heterocycles. The van der Waals surface area contributed by atoms with Crippen molar-refractivity contribution in [1.29, 1.82) is 0 Å². The average Bonchev–Trinajstić information content (AvgIpc) is 3.19. The number of fused-ring (bicyclic) bond motifs is 1. The first kappa shape index (κ1) is 11.7. The van der Waals surface area contributed by atoms with Crippen LogP contribution in [0.25, 0.3) is 33.6 Å². The average molecular weight is 278 g/mol. The summed E-state index contributed by atoms with van der Waals surface area (Å²) >= 11 is 0. The van der Waals surface area contributed by atoms with Gasteiger partial charge in [-0.3, -0.25) is 0 Å². The van der Waals surface area contributed by atoms with Gasteiger partial charge in [0.15, 0.2) is 5.76 Å². The number of aromatic nitrogens is 2. The van der Waals surface area contributed by atoms with Crippen molar-refractivity contribution in [2.24, 2.45) is 0 Å². The van der Waals surface area contributed by atoms with Gasteiger partial charge in [0.25, 0.3) is 0 Å². The summed E-state index contributed by atoms with van der Waals surface area (Å²) in [4.78, 5) is 15.0. The van der Waals surface area contributed by atoms with Gasteiger partial charge in [0, 0.05) is 23.2 Å². The third-order valence-corrected chi connectivity index (χ3v) is 3.34. The number of H-pyrrole nitrogens is 1. The Morgan fingerprint density at radius 1 is 1.10 bits per heavy atom. The van der Waals surface area contributed by atoms with Gasteiger partial charge in [0.1, 0.15) is 5.58 Å². The minimum Gasteiger partial charge on any atom is -0.422 e. The van der Waals surface area contributed by atoms with Gasteiger partial charge in [-0.25, -0.2) is 4.79 Å². The van der Waals surface area contributed by atoms with E-state index < -0.39 is 0 Å². The lowest BCUT2D eigenvalue weighted by Crippen LogP contribution is -2.02. The monoisotopic (exact) mass is 278 g/mol. The highest BCUT2D eigenvalue weighted by molar-refractivity contribution is 5.85. The Balaban J connectivity index is 1.94. The van der Waals surface area contributed by atoms with Crippen molar-refractivity contribution in [2.75, 3.05) is 0 Å². The minimum absolute atomic E-state index is 0.364. The Labute approximate surface area is 118 Å². The van der Waals surface area contributed by atoms with Crippen molar-refractivity contribution >= 4 is 11.0 Å². The van der Waals surface area contributed by atoms with Crippen LogP contribution in [0.5, 0.6) is 0 Å². The molecule has 4 aromatic rings. The molecule has 4 rings (SSSR count). The van der Waals surface area contributed by atoms with Crippen molar-refractivity contribution < 1.29 is 8.94 Å². The highest BCUT2D eigenvalue weighted by atomic mass is 16.5. The fourth-order valence-electron chi connectivity index (χ4n) is 2.33. The van der Waals surface area contributed by atoms with Crippen LogP contribution in [0.1, 0.15) is 0 Å². The summed E-state index contributed by atoms with van der Waals surface area (Å²) in [5.74, 6) is 0.671. The van der Waals surface area contributed by atoms with Crippen LogP contribution < -0.4 is 5.63 Å². The molecule has 0 radical (unpaired) electrons. The summed E-state index contributed by atoms with van der Waals surface area (Å²) in [7, 11) is 0. The first-order valence-corrected chi connectivity index (χ1v) is 6.44. The highest BCUT2D eigenvalue weighted by Crippen LogP contribution is 2.25. The van der Waals surface area contributed by atoms with E-state index in [0.29, 0.717) is 16.9 Å². The first-order valence-electron chi connectivity index (χ1n) is 6.44. The van der Waals surface area contributed by atoms with E-state index in [1.807, 2.05) is 30.3 Å². The van der Waals surface area contributed by atoms with E-state index in [4.69, 9.17) is 8.94 Å². The van der Waals surface area contributed by atoms with Crippen molar-refractivity contribution in [3.8, 4) is 22.6 Å². The molecule has 0 unspecified atom stereocenters. The molecule has 5 nitrogen and oxygen atoms in total. The van der Waals surface area contributed by atoms with Crippen LogP contribution in [-0.2, 0) is 0 Å². The Morgan fingerprint density at radius 3 is 2.81 bits per heavy atom. The van der Waals surface area contributed by atoms with Gasteiger partial charge < -0.3 is 13.9 Å². The molecule has 21 heavy (non-hydrogen) atoms. The predicted octanol–water partition coefficient (Wildman–Crippen LogP) is 3.44. The largest absolute Gasteiger partial charge is 0.422 e. The standard InChI is InChI=1S/C16H10N2O3/c19-16-12(13-2-1-6-17-13)9-11-8-10(3-4-14(11)20-16)15-5-7-18-21-15/h1-9,17H. The second kappa shape index (κ2) is 4.49. The van der Waals surface area contributed by atoms with Gasteiger partial charge in [-0.05, 0) is 36.4 Å². The number of aromatic amines is 1. The van der Waals surface area contributed by atoms with Gasteiger partial charge in [0.2, 0.25) is 0 Å². The van der Waals surface area contributed by atoms with E-state index in [2.05, 4.69) is 10.1 Å². The molecule has 0 aliphatic heterocycles. The summed E-state index contributed by atoms with van der Waals surface area (Å²) < 4.78 is 10.5. The topological polar surface area (TPSA) is 72.0 Å². The fraction of sp³-hybridized carbons (Fsp3) is 0. The summed E-state index contributed by atoms with van der Waals surface area (Å²) in [6.07, 6.45) is 3.36. The van der Waals surface area contributed by atoms with Crippen molar-refractivity contribution in [3.63, 3.8) is 0 Å². The fourth-order valence-corrected chi connectivity index (χ4v) is 2.33. The van der Waals surface area contributed by atoms with Crippen molar-refractivity contribution in [3.05, 3.63) is 65.3 Å². The normalized spacial score (nSPS) is 11.0. The molecule has 0 saturated heterocycles. The Bertz CT molecular complexity index is 951. The van der Waals surface area contributed by atoms with E-state index in [0.717, 1.165) is 16.6 Å². The maximum Gasteiger partial charge on any atom is 0.345 e. The van der Waals surface area contributed by atoms with Gasteiger partial charge in [-0.15, -0.1) is 0 Å². The van der Waals surface area contributed by atoms with Crippen molar-refractivity contribution in [2.45, 2.75) is 0 Å².